The van der Waals surface area contributed by atoms with Gasteiger partial charge in [0.1, 0.15) is 4.91 Å². The molecule has 16 heavy (non-hydrogen) atoms. The number of rotatable bonds is 0. The molecule has 0 bridgehead atoms. The zero-order valence-corrected chi connectivity index (χ0v) is 10.3. The molecule has 1 fully saturated rings. The van der Waals surface area contributed by atoms with Gasteiger partial charge in [-0.3, -0.25) is 4.79 Å². The SMILES string of the molecule is CN1C(=C2SCNC2=O)Sc2ccccc21. The lowest BCUT2D eigenvalue weighted by atomic mass is 10.3. The second-order valence-electron chi connectivity index (χ2n) is 3.56. The van der Waals surface area contributed by atoms with E-state index in [1.165, 1.54) is 10.6 Å². The highest BCUT2D eigenvalue weighted by atomic mass is 32.2. The Morgan fingerprint density at radius 2 is 2.19 bits per heavy atom. The van der Waals surface area contributed by atoms with Crippen molar-refractivity contribution in [3.8, 4) is 0 Å². The van der Waals surface area contributed by atoms with Crippen LogP contribution in [0, 0.1) is 0 Å². The lowest BCUT2D eigenvalue weighted by molar-refractivity contribution is -0.116. The molecule has 2 aliphatic rings. The Balaban J connectivity index is 2.07. The molecule has 0 aliphatic carbocycles. The van der Waals surface area contributed by atoms with E-state index in [0.717, 1.165) is 9.93 Å². The molecular formula is C11H10N2OS2. The minimum absolute atomic E-state index is 0.0483. The quantitative estimate of drug-likeness (QED) is 0.716. The second kappa shape index (κ2) is 3.75. The number of fused-ring (bicyclic) bond motifs is 1. The fourth-order valence-corrected chi connectivity index (χ4v) is 3.98. The molecule has 3 nitrogen and oxygen atoms in total. The number of thioether (sulfide) groups is 2. The first-order valence-electron chi connectivity index (χ1n) is 4.93. The summed E-state index contributed by atoms with van der Waals surface area (Å²) in [5, 5.41) is 3.86. The Labute approximate surface area is 102 Å². The predicted molar refractivity (Wildman–Crippen MR) is 68.3 cm³/mol. The summed E-state index contributed by atoms with van der Waals surface area (Å²) in [5.74, 6) is 0.731. The average Bonchev–Trinajstić information content (AvgIpc) is 2.84. The van der Waals surface area contributed by atoms with Crippen molar-refractivity contribution in [1.29, 1.82) is 0 Å². The largest absolute Gasteiger partial charge is 0.342 e. The van der Waals surface area contributed by atoms with Gasteiger partial charge < -0.3 is 10.2 Å². The zero-order valence-electron chi connectivity index (χ0n) is 8.69. The van der Waals surface area contributed by atoms with E-state index in [4.69, 9.17) is 0 Å². The van der Waals surface area contributed by atoms with Gasteiger partial charge in [0, 0.05) is 11.9 Å². The maximum atomic E-state index is 11.6. The summed E-state index contributed by atoms with van der Waals surface area (Å²) in [4.78, 5) is 15.8. The minimum Gasteiger partial charge on any atom is -0.342 e. The van der Waals surface area contributed by atoms with Crippen LogP contribution < -0.4 is 10.2 Å². The van der Waals surface area contributed by atoms with Crippen LogP contribution in [0.2, 0.25) is 0 Å². The first-order valence-corrected chi connectivity index (χ1v) is 6.73. The fraction of sp³-hybridized carbons (Fsp3) is 0.182. The lowest BCUT2D eigenvalue weighted by Crippen LogP contribution is -2.18. The normalized spacial score (nSPS) is 23.6. The van der Waals surface area contributed by atoms with Gasteiger partial charge in [-0.15, -0.1) is 0 Å². The summed E-state index contributed by atoms with van der Waals surface area (Å²) in [7, 11) is 2.01. The van der Waals surface area contributed by atoms with Crippen LogP contribution in [0.1, 0.15) is 0 Å². The van der Waals surface area contributed by atoms with Crippen LogP contribution in [0.15, 0.2) is 39.1 Å². The maximum absolute atomic E-state index is 11.6. The van der Waals surface area contributed by atoms with Gasteiger partial charge in [0.05, 0.1) is 16.6 Å². The molecule has 2 aliphatic heterocycles. The number of nitrogens with zero attached hydrogens (tertiary/aromatic N) is 1. The van der Waals surface area contributed by atoms with Crippen molar-refractivity contribution in [2.24, 2.45) is 0 Å². The molecule has 5 heteroatoms. The molecule has 2 heterocycles. The van der Waals surface area contributed by atoms with Crippen molar-refractivity contribution in [1.82, 2.24) is 5.32 Å². The Hall–Kier alpha value is -1.07. The smallest absolute Gasteiger partial charge is 0.261 e. The number of anilines is 1. The number of para-hydroxylation sites is 1. The van der Waals surface area contributed by atoms with Crippen LogP contribution in [0.5, 0.6) is 0 Å². The number of hydrogen-bond donors (Lipinski definition) is 1. The van der Waals surface area contributed by atoms with E-state index in [1.807, 2.05) is 19.2 Å². The zero-order chi connectivity index (χ0) is 11.1. The molecule has 1 aromatic rings. The lowest BCUT2D eigenvalue weighted by Gasteiger charge is -2.14. The number of hydrogen-bond acceptors (Lipinski definition) is 4. The number of nitrogens with one attached hydrogen (secondary N) is 1. The van der Waals surface area contributed by atoms with E-state index in [2.05, 4.69) is 22.3 Å². The van der Waals surface area contributed by atoms with E-state index in [-0.39, 0.29) is 5.91 Å². The molecule has 1 saturated heterocycles. The first-order chi connectivity index (χ1) is 7.77. The van der Waals surface area contributed by atoms with Crippen LogP contribution >= 0.6 is 23.5 Å². The summed E-state index contributed by atoms with van der Waals surface area (Å²) >= 11 is 3.25. The van der Waals surface area contributed by atoms with Gasteiger partial charge in [0.15, 0.2) is 0 Å². The van der Waals surface area contributed by atoms with Crippen LogP contribution in [-0.4, -0.2) is 18.8 Å². The molecule has 0 atom stereocenters. The summed E-state index contributed by atoms with van der Waals surface area (Å²) in [6.45, 7) is 0. The van der Waals surface area contributed by atoms with Gasteiger partial charge in [-0.25, -0.2) is 0 Å². The molecule has 82 valence electrons. The number of benzene rings is 1. The summed E-state index contributed by atoms with van der Waals surface area (Å²) in [5.41, 5.74) is 1.18. The van der Waals surface area contributed by atoms with Gasteiger partial charge in [-0.05, 0) is 12.1 Å². The molecule has 1 aromatic carbocycles. The van der Waals surface area contributed by atoms with E-state index >= 15 is 0 Å². The Morgan fingerprint density at radius 3 is 2.88 bits per heavy atom. The van der Waals surface area contributed by atoms with Crippen LogP contribution in [0.25, 0.3) is 0 Å². The molecule has 0 unspecified atom stereocenters. The van der Waals surface area contributed by atoms with Gasteiger partial charge in [-0.1, -0.05) is 35.7 Å². The van der Waals surface area contributed by atoms with Crippen molar-refractivity contribution in [2.45, 2.75) is 4.90 Å². The predicted octanol–water partition coefficient (Wildman–Crippen LogP) is 2.22. The van der Waals surface area contributed by atoms with Crippen molar-refractivity contribution >= 4 is 35.1 Å². The van der Waals surface area contributed by atoms with E-state index in [0.29, 0.717) is 5.88 Å². The van der Waals surface area contributed by atoms with Gasteiger partial charge in [0.25, 0.3) is 5.91 Å². The van der Waals surface area contributed by atoms with Gasteiger partial charge in [0.2, 0.25) is 0 Å². The van der Waals surface area contributed by atoms with Crippen molar-refractivity contribution in [3.63, 3.8) is 0 Å². The van der Waals surface area contributed by atoms with Crippen molar-refractivity contribution in [2.75, 3.05) is 17.8 Å². The number of amides is 1. The number of carbonyl (C=O) groups excluding carboxylic acids is 1. The highest BCUT2D eigenvalue weighted by Crippen LogP contribution is 2.48. The third-order valence-electron chi connectivity index (χ3n) is 2.59. The minimum atomic E-state index is 0.0483. The summed E-state index contributed by atoms with van der Waals surface area (Å²) < 4.78 is 0. The van der Waals surface area contributed by atoms with E-state index in [9.17, 15) is 4.79 Å². The van der Waals surface area contributed by atoms with Crippen molar-refractivity contribution < 1.29 is 4.79 Å². The molecule has 0 spiro atoms. The van der Waals surface area contributed by atoms with Gasteiger partial charge >= 0.3 is 0 Å². The molecule has 3 rings (SSSR count). The van der Waals surface area contributed by atoms with Gasteiger partial charge in [-0.2, -0.15) is 0 Å². The molecule has 0 aromatic heterocycles. The van der Waals surface area contributed by atoms with Crippen molar-refractivity contribution in [3.05, 3.63) is 34.2 Å². The standard InChI is InChI=1S/C11H10N2OS2/c1-13-7-4-2-3-5-8(7)16-11(13)9-10(14)12-6-15-9/h2-5H,6H2,1H3,(H,12,14). The average molecular weight is 250 g/mol. The van der Waals surface area contributed by atoms with E-state index in [1.54, 1.807) is 23.5 Å². The molecule has 0 radical (unpaired) electrons. The van der Waals surface area contributed by atoms with Crippen LogP contribution in [0.3, 0.4) is 0 Å². The Bertz CT molecular complexity index is 499. The van der Waals surface area contributed by atoms with Crippen LogP contribution in [0.4, 0.5) is 5.69 Å². The van der Waals surface area contributed by atoms with E-state index < -0.39 is 0 Å². The Kier molecular flexibility index (Phi) is 2.37. The highest BCUT2D eigenvalue weighted by molar-refractivity contribution is 8.08. The third kappa shape index (κ3) is 1.43. The summed E-state index contributed by atoms with van der Waals surface area (Å²) in [6.07, 6.45) is 0. The monoisotopic (exact) mass is 250 g/mol. The summed E-state index contributed by atoms with van der Waals surface area (Å²) in [6, 6.07) is 8.20. The first kappa shape index (κ1) is 10.1. The highest BCUT2D eigenvalue weighted by Gasteiger charge is 2.30. The van der Waals surface area contributed by atoms with Crippen LogP contribution in [-0.2, 0) is 4.79 Å². The third-order valence-corrected chi connectivity index (χ3v) is 4.91. The molecular weight excluding hydrogens is 240 g/mol. The topological polar surface area (TPSA) is 32.3 Å². The molecule has 1 N–H and O–H groups in total. The maximum Gasteiger partial charge on any atom is 0.261 e. The molecule has 1 amide bonds. The number of carbonyl (C=O) groups is 1. The Morgan fingerprint density at radius 1 is 1.38 bits per heavy atom. The second-order valence-corrected chi connectivity index (χ2v) is 5.57. The fourth-order valence-electron chi connectivity index (χ4n) is 1.78. The molecule has 0 saturated carbocycles.